The molecule has 0 unspecified atom stereocenters. The molecular weight excluding hydrogens is 420 g/mol. The first-order valence-electron chi connectivity index (χ1n) is 11.5. The van der Waals surface area contributed by atoms with Gasteiger partial charge in [0.25, 0.3) is 0 Å². The molecule has 1 aliphatic heterocycles. The van der Waals surface area contributed by atoms with Crippen molar-refractivity contribution >= 4 is 17.2 Å². The number of aliphatic hydroxyl groups excluding tert-OH is 1. The summed E-state index contributed by atoms with van der Waals surface area (Å²) in [5.74, 6) is 0.915. The van der Waals surface area contributed by atoms with Crippen molar-refractivity contribution in [2.75, 3.05) is 26.2 Å². The van der Waals surface area contributed by atoms with Crippen molar-refractivity contribution in [2.45, 2.75) is 58.2 Å². The smallest absolute Gasteiger partial charge is 0.237 e. The number of carbonyl (C=O) groups excluding carboxylic acids is 1. The molecule has 1 aromatic carbocycles. The molecule has 2 atom stereocenters. The molecule has 1 N–H and O–H groups in total. The summed E-state index contributed by atoms with van der Waals surface area (Å²) in [7, 11) is 0. The van der Waals surface area contributed by atoms with E-state index in [1.807, 2.05) is 42.2 Å². The summed E-state index contributed by atoms with van der Waals surface area (Å²) in [6, 6.07) is 10.2. The first kappa shape index (κ1) is 24.5. The van der Waals surface area contributed by atoms with Gasteiger partial charge in [-0.05, 0) is 74.7 Å². The Morgan fingerprint density at radius 2 is 2.22 bits per heavy atom. The lowest BCUT2D eigenvalue weighted by molar-refractivity contribution is -0.137. The van der Waals surface area contributed by atoms with Crippen molar-refractivity contribution in [1.29, 1.82) is 0 Å². The van der Waals surface area contributed by atoms with E-state index in [-0.39, 0.29) is 18.0 Å². The molecule has 0 bridgehead atoms. The summed E-state index contributed by atoms with van der Waals surface area (Å²) >= 11 is 1.76. The lowest BCUT2D eigenvalue weighted by atomic mass is 10.00. The van der Waals surface area contributed by atoms with E-state index in [9.17, 15) is 9.90 Å². The molecule has 174 valence electrons. The Morgan fingerprint density at radius 3 is 2.94 bits per heavy atom. The molecule has 1 aliphatic rings. The van der Waals surface area contributed by atoms with Gasteiger partial charge in [-0.3, -0.25) is 9.69 Å². The van der Waals surface area contributed by atoms with Crippen molar-refractivity contribution in [3.63, 3.8) is 0 Å². The monoisotopic (exact) mass is 456 g/mol. The molecule has 6 heteroatoms. The van der Waals surface area contributed by atoms with E-state index >= 15 is 0 Å². The van der Waals surface area contributed by atoms with Crippen molar-refractivity contribution in [3.8, 4) is 5.75 Å². The van der Waals surface area contributed by atoms with E-state index < -0.39 is 6.10 Å². The van der Waals surface area contributed by atoms with Gasteiger partial charge in [0.15, 0.2) is 0 Å². The Morgan fingerprint density at radius 1 is 1.41 bits per heavy atom. The summed E-state index contributed by atoms with van der Waals surface area (Å²) in [5, 5.41) is 12.5. The average molecular weight is 457 g/mol. The Hall–Kier alpha value is -2.15. The number of ether oxygens (including phenoxy) is 1. The zero-order valence-electron chi connectivity index (χ0n) is 19.5. The van der Waals surface area contributed by atoms with Gasteiger partial charge in [0.1, 0.15) is 12.4 Å². The number of aryl methyl sites for hydroxylation is 1. The van der Waals surface area contributed by atoms with Crippen molar-refractivity contribution in [2.24, 2.45) is 0 Å². The summed E-state index contributed by atoms with van der Waals surface area (Å²) in [5.41, 5.74) is 2.35. The van der Waals surface area contributed by atoms with Gasteiger partial charge in [-0.1, -0.05) is 18.2 Å². The van der Waals surface area contributed by atoms with Crippen LogP contribution in [0.4, 0.5) is 0 Å². The number of hydrogen-bond donors (Lipinski definition) is 1. The standard InChI is InChI=1S/C26H36N2O3S/c1-5-6-9-21(29)16-27(19(2)3)17-26(30)28-13-11-25-23(12-14-32-25)24(28)18-31-22-10-7-8-20(4)15-22/h5,7-8,10,12,14-15,19,21,24,29H,1,6,9,11,13,16-18H2,2-4H3/t21-,24-/m0/s1. The first-order chi connectivity index (χ1) is 15.4. The zero-order chi connectivity index (χ0) is 23.1. The van der Waals surface area contributed by atoms with Gasteiger partial charge in [0.05, 0.1) is 18.7 Å². The molecule has 2 heterocycles. The van der Waals surface area contributed by atoms with Gasteiger partial charge in [-0.2, -0.15) is 0 Å². The maximum Gasteiger partial charge on any atom is 0.237 e. The van der Waals surface area contributed by atoms with Crippen molar-refractivity contribution in [1.82, 2.24) is 9.80 Å². The molecule has 0 radical (unpaired) electrons. The molecule has 0 fully saturated rings. The highest BCUT2D eigenvalue weighted by Gasteiger charge is 2.33. The minimum atomic E-state index is -0.464. The van der Waals surface area contributed by atoms with Gasteiger partial charge in [-0.15, -0.1) is 17.9 Å². The van der Waals surface area contributed by atoms with Gasteiger partial charge in [-0.25, -0.2) is 0 Å². The minimum absolute atomic E-state index is 0.0873. The predicted molar refractivity (Wildman–Crippen MR) is 131 cm³/mol. The molecule has 5 nitrogen and oxygen atoms in total. The van der Waals surface area contributed by atoms with E-state index in [4.69, 9.17) is 4.74 Å². The average Bonchev–Trinajstić information content (AvgIpc) is 3.24. The Bertz CT molecular complexity index is 895. The molecule has 0 saturated heterocycles. The maximum absolute atomic E-state index is 13.5. The number of thiophene rings is 1. The normalized spacial score (nSPS) is 16.8. The quantitative estimate of drug-likeness (QED) is 0.502. The molecule has 2 aromatic rings. The highest BCUT2D eigenvalue weighted by molar-refractivity contribution is 7.10. The number of allylic oxidation sites excluding steroid dienone is 1. The highest BCUT2D eigenvalue weighted by Crippen LogP contribution is 2.34. The van der Waals surface area contributed by atoms with Crippen LogP contribution in [0.1, 0.15) is 48.7 Å². The number of aliphatic hydroxyl groups is 1. The number of nitrogens with zero attached hydrogens (tertiary/aromatic N) is 2. The SMILES string of the molecule is C=CCC[C@H](O)CN(CC(=O)N1CCc2sccc2[C@@H]1COc1cccc(C)c1)C(C)C. The minimum Gasteiger partial charge on any atom is -0.491 e. The second kappa shape index (κ2) is 11.6. The summed E-state index contributed by atoms with van der Waals surface area (Å²) in [6.45, 7) is 11.8. The third-order valence-electron chi connectivity index (χ3n) is 6.03. The fraction of sp³-hybridized carbons (Fsp3) is 0.500. The van der Waals surface area contributed by atoms with E-state index in [1.165, 1.54) is 10.4 Å². The van der Waals surface area contributed by atoms with Crippen LogP contribution in [-0.2, 0) is 11.2 Å². The lowest BCUT2D eigenvalue weighted by Crippen LogP contribution is -2.49. The number of hydrogen-bond acceptors (Lipinski definition) is 5. The van der Waals surface area contributed by atoms with E-state index in [0.717, 1.165) is 24.2 Å². The van der Waals surface area contributed by atoms with Crippen molar-refractivity contribution in [3.05, 3.63) is 64.4 Å². The van der Waals surface area contributed by atoms with Gasteiger partial charge < -0.3 is 14.7 Å². The number of fused-ring (bicyclic) bond motifs is 1. The van der Waals surface area contributed by atoms with Crippen LogP contribution in [0, 0.1) is 6.92 Å². The Labute approximate surface area is 196 Å². The topological polar surface area (TPSA) is 53.0 Å². The van der Waals surface area contributed by atoms with E-state index in [1.54, 1.807) is 11.3 Å². The highest BCUT2D eigenvalue weighted by atomic mass is 32.1. The molecule has 0 spiro atoms. The molecular formula is C26H36N2O3S. The fourth-order valence-electron chi connectivity index (χ4n) is 4.15. The Kier molecular flexibility index (Phi) is 8.91. The third kappa shape index (κ3) is 6.44. The molecule has 32 heavy (non-hydrogen) atoms. The molecule has 0 aliphatic carbocycles. The number of carbonyl (C=O) groups is 1. The second-order valence-corrected chi connectivity index (χ2v) is 9.82. The second-order valence-electron chi connectivity index (χ2n) is 8.82. The van der Waals surface area contributed by atoms with Gasteiger partial charge in [0.2, 0.25) is 5.91 Å². The maximum atomic E-state index is 13.5. The zero-order valence-corrected chi connectivity index (χ0v) is 20.3. The van der Waals surface area contributed by atoms with Crippen LogP contribution >= 0.6 is 11.3 Å². The molecule has 3 rings (SSSR count). The predicted octanol–water partition coefficient (Wildman–Crippen LogP) is 4.60. The number of benzene rings is 1. The van der Waals surface area contributed by atoms with Crippen LogP contribution in [0.15, 0.2) is 48.4 Å². The van der Waals surface area contributed by atoms with Crippen LogP contribution in [0.5, 0.6) is 5.75 Å². The largest absolute Gasteiger partial charge is 0.491 e. The Balaban J connectivity index is 1.71. The van der Waals surface area contributed by atoms with Gasteiger partial charge in [0, 0.05) is 24.0 Å². The molecule has 1 aromatic heterocycles. The number of rotatable bonds is 11. The summed E-state index contributed by atoms with van der Waals surface area (Å²) < 4.78 is 6.14. The number of amides is 1. The third-order valence-corrected chi connectivity index (χ3v) is 7.03. The summed E-state index contributed by atoms with van der Waals surface area (Å²) in [6.07, 6.45) is 3.67. The van der Waals surface area contributed by atoms with Crippen LogP contribution < -0.4 is 4.74 Å². The van der Waals surface area contributed by atoms with E-state index in [2.05, 4.69) is 36.8 Å². The van der Waals surface area contributed by atoms with Gasteiger partial charge >= 0.3 is 0 Å². The fourth-order valence-corrected chi connectivity index (χ4v) is 5.08. The van der Waals surface area contributed by atoms with Crippen LogP contribution in [-0.4, -0.2) is 59.2 Å². The summed E-state index contributed by atoms with van der Waals surface area (Å²) in [4.78, 5) is 18.8. The first-order valence-corrected chi connectivity index (χ1v) is 12.3. The van der Waals surface area contributed by atoms with Crippen LogP contribution in [0.25, 0.3) is 0 Å². The lowest BCUT2D eigenvalue weighted by Gasteiger charge is -2.38. The molecule has 1 amide bonds. The van der Waals surface area contributed by atoms with E-state index in [0.29, 0.717) is 32.7 Å². The van der Waals surface area contributed by atoms with Crippen molar-refractivity contribution < 1.29 is 14.6 Å². The van der Waals surface area contributed by atoms with Crippen LogP contribution in [0.3, 0.4) is 0 Å². The molecule has 0 saturated carbocycles. The van der Waals surface area contributed by atoms with Crippen LogP contribution in [0.2, 0.25) is 0 Å².